The Morgan fingerprint density at radius 1 is 1.43 bits per heavy atom. The fraction of sp³-hybridized carbons (Fsp3) is 0.600. The van der Waals surface area contributed by atoms with Gasteiger partial charge < -0.3 is 18.8 Å². The molecule has 1 aliphatic rings. The normalized spacial score (nSPS) is 26.9. The number of hydrogen-bond acceptors (Lipinski definition) is 3. The van der Waals surface area contributed by atoms with Gasteiger partial charge in [0.15, 0.2) is 0 Å². The van der Waals surface area contributed by atoms with Gasteiger partial charge >= 0.3 is 0 Å². The van der Waals surface area contributed by atoms with E-state index in [2.05, 4.69) is 4.57 Å². The molecule has 0 spiro atoms. The molecule has 2 heterocycles. The molecule has 1 aromatic rings. The number of ether oxygens (including phenoxy) is 3. The molecular weight excluding hydrogens is 182 g/mol. The van der Waals surface area contributed by atoms with E-state index in [0.717, 1.165) is 6.54 Å². The Kier molecular flexibility index (Phi) is 3.18. The van der Waals surface area contributed by atoms with Crippen LogP contribution in [0, 0.1) is 0 Å². The van der Waals surface area contributed by atoms with Crippen molar-refractivity contribution in [2.24, 2.45) is 0 Å². The maximum atomic E-state index is 5.51. The van der Waals surface area contributed by atoms with Crippen molar-refractivity contribution in [3.63, 3.8) is 0 Å². The highest BCUT2D eigenvalue weighted by Gasteiger charge is 2.26. The SMILES string of the molecule is CCOC1OCC(Cn2cccc2)O1. The fourth-order valence-electron chi connectivity index (χ4n) is 1.47. The molecule has 1 aliphatic heterocycles. The molecule has 4 heteroatoms. The first kappa shape index (κ1) is 9.71. The van der Waals surface area contributed by atoms with Crippen molar-refractivity contribution in [2.75, 3.05) is 13.2 Å². The van der Waals surface area contributed by atoms with Crippen LogP contribution < -0.4 is 0 Å². The van der Waals surface area contributed by atoms with Gasteiger partial charge in [0.05, 0.1) is 13.2 Å². The lowest BCUT2D eigenvalue weighted by Crippen LogP contribution is -2.19. The first-order chi connectivity index (χ1) is 6.88. The van der Waals surface area contributed by atoms with E-state index >= 15 is 0 Å². The zero-order chi connectivity index (χ0) is 9.80. The third-order valence-corrected chi connectivity index (χ3v) is 2.11. The summed E-state index contributed by atoms with van der Waals surface area (Å²) in [5, 5.41) is 0. The van der Waals surface area contributed by atoms with Crippen molar-refractivity contribution in [2.45, 2.75) is 26.0 Å². The standard InChI is InChI=1S/C10H15NO3/c1-2-12-10-13-8-9(14-10)7-11-5-3-4-6-11/h3-6,9-10H,2,7-8H2,1H3. The molecule has 4 nitrogen and oxygen atoms in total. The predicted octanol–water partition coefficient (Wildman–Crippen LogP) is 1.22. The van der Waals surface area contributed by atoms with Crippen molar-refractivity contribution in [3.05, 3.63) is 24.5 Å². The Labute approximate surface area is 83.4 Å². The average molecular weight is 197 g/mol. The summed E-state index contributed by atoms with van der Waals surface area (Å²) in [7, 11) is 0. The molecule has 0 aromatic carbocycles. The van der Waals surface area contributed by atoms with E-state index in [0.29, 0.717) is 13.2 Å². The second-order valence-electron chi connectivity index (χ2n) is 3.22. The van der Waals surface area contributed by atoms with E-state index in [1.807, 2.05) is 31.5 Å². The monoisotopic (exact) mass is 197 g/mol. The van der Waals surface area contributed by atoms with Crippen LogP contribution in [0.1, 0.15) is 6.92 Å². The van der Waals surface area contributed by atoms with Crippen LogP contribution in [-0.4, -0.2) is 30.4 Å². The Morgan fingerprint density at radius 3 is 2.93 bits per heavy atom. The first-order valence-corrected chi connectivity index (χ1v) is 4.88. The lowest BCUT2D eigenvalue weighted by molar-refractivity contribution is -0.235. The van der Waals surface area contributed by atoms with Crippen molar-refractivity contribution in [1.82, 2.24) is 4.57 Å². The van der Waals surface area contributed by atoms with Crippen molar-refractivity contribution < 1.29 is 14.2 Å². The van der Waals surface area contributed by atoms with Crippen LogP contribution in [0.5, 0.6) is 0 Å². The van der Waals surface area contributed by atoms with Crippen LogP contribution in [0.4, 0.5) is 0 Å². The number of aromatic nitrogens is 1. The molecule has 1 aromatic heterocycles. The maximum absolute atomic E-state index is 5.51. The van der Waals surface area contributed by atoms with Gasteiger partial charge in [-0.1, -0.05) is 0 Å². The average Bonchev–Trinajstić information content (AvgIpc) is 2.79. The Hall–Kier alpha value is -0.840. The van der Waals surface area contributed by atoms with Gasteiger partial charge in [-0.3, -0.25) is 0 Å². The highest BCUT2D eigenvalue weighted by atomic mass is 16.9. The Balaban J connectivity index is 1.79. The second-order valence-corrected chi connectivity index (χ2v) is 3.22. The van der Waals surface area contributed by atoms with E-state index in [4.69, 9.17) is 14.2 Å². The van der Waals surface area contributed by atoms with Gasteiger partial charge in [0, 0.05) is 19.0 Å². The van der Waals surface area contributed by atoms with Gasteiger partial charge in [0.25, 0.3) is 6.48 Å². The molecule has 78 valence electrons. The van der Waals surface area contributed by atoms with E-state index in [1.54, 1.807) is 0 Å². The number of rotatable bonds is 4. The van der Waals surface area contributed by atoms with Crippen molar-refractivity contribution >= 4 is 0 Å². The smallest absolute Gasteiger partial charge is 0.272 e. The van der Waals surface area contributed by atoms with Gasteiger partial charge in [-0.05, 0) is 19.1 Å². The summed E-state index contributed by atoms with van der Waals surface area (Å²) in [5.74, 6) is 0. The molecule has 1 fully saturated rings. The van der Waals surface area contributed by atoms with Crippen LogP contribution in [-0.2, 0) is 20.8 Å². The summed E-state index contributed by atoms with van der Waals surface area (Å²) >= 11 is 0. The number of nitrogens with zero attached hydrogens (tertiary/aromatic N) is 1. The third-order valence-electron chi connectivity index (χ3n) is 2.11. The van der Waals surface area contributed by atoms with Gasteiger partial charge in [0.2, 0.25) is 0 Å². The van der Waals surface area contributed by atoms with E-state index in [1.165, 1.54) is 0 Å². The quantitative estimate of drug-likeness (QED) is 0.727. The van der Waals surface area contributed by atoms with Gasteiger partial charge in [-0.25, -0.2) is 0 Å². The first-order valence-electron chi connectivity index (χ1n) is 4.88. The largest absolute Gasteiger partial charge is 0.352 e. The topological polar surface area (TPSA) is 32.6 Å². The Bertz CT molecular complexity index is 260. The molecular formula is C10H15NO3. The fourth-order valence-corrected chi connectivity index (χ4v) is 1.47. The van der Waals surface area contributed by atoms with Crippen LogP contribution in [0.3, 0.4) is 0 Å². The zero-order valence-corrected chi connectivity index (χ0v) is 8.26. The molecule has 0 amide bonds. The summed E-state index contributed by atoms with van der Waals surface area (Å²) in [6, 6.07) is 3.99. The van der Waals surface area contributed by atoms with Crippen LogP contribution >= 0.6 is 0 Å². The lowest BCUT2D eigenvalue weighted by atomic mass is 10.4. The summed E-state index contributed by atoms with van der Waals surface area (Å²) in [5.41, 5.74) is 0. The summed E-state index contributed by atoms with van der Waals surface area (Å²) in [6.45, 7) is 3.48. The summed E-state index contributed by atoms with van der Waals surface area (Å²) in [6.07, 6.45) is 4.12. The minimum Gasteiger partial charge on any atom is -0.352 e. The van der Waals surface area contributed by atoms with Crippen LogP contribution in [0.2, 0.25) is 0 Å². The molecule has 1 saturated heterocycles. The van der Waals surface area contributed by atoms with E-state index in [-0.39, 0.29) is 6.10 Å². The summed E-state index contributed by atoms with van der Waals surface area (Å²) < 4.78 is 18.1. The third kappa shape index (κ3) is 2.35. The molecule has 2 rings (SSSR count). The molecule has 0 saturated carbocycles. The van der Waals surface area contributed by atoms with Crippen LogP contribution in [0.15, 0.2) is 24.5 Å². The second kappa shape index (κ2) is 4.59. The molecule has 0 N–H and O–H groups in total. The molecule has 14 heavy (non-hydrogen) atoms. The van der Waals surface area contributed by atoms with E-state index in [9.17, 15) is 0 Å². The molecule has 0 bridgehead atoms. The number of hydrogen-bond donors (Lipinski definition) is 0. The highest BCUT2D eigenvalue weighted by molar-refractivity contribution is 4.90. The van der Waals surface area contributed by atoms with E-state index < -0.39 is 6.48 Å². The summed E-state index contributed by atoms with van der Waals surface area (Å²) in [4.78, 5) is 0. The minimum atomic E-state index is -0.472. The minimum absolute atomic E-state index is 0.0962. The predicted molar refractivity (Wildman–Crippen MR) is 50.7 cm³/mol. The zero-order valence-electron chi connectivity index (χ0n) is 8.26. The highest BCUT2D eigenvalue weighted by Crippen LogP contribution is 2.14. The van der Waals surface area contributed by atoms with Gasteiger partial charge in [-0.15, -0.1) is 0 Å². The molecule has 0 aliphatic carbocycles. The molecule has 0 radical (unpaired) electrons. The van der Waals surface area contributed by atoms with Gasteiger partial charge in [0.1, 0.15) is 6.10 Å². The maximum Gasteiger partial charge on any atom is 0.272 e. The lowest BCUT2D eigenvalue weighted by Gasteiger charge is -2.11. The van der Waals surface area contributed by atoms with Crippen molar-refractivity contribution in [1.29, 1.82) is 0 Å². The Morgan fingerprint density at radius 2 is 2.21 bits per heavy atom. The molecule has 2 atom stereocenters. The van der Waals surface area contributed by atoms with Crippen molar-refractivity contribution in [3.8, 4) is 0 Å². The van der Waals surface area contributed by atoms with Gasteiger partial charge in [-0.2, -0.15) is 0 Å². The van der Waals surface area contributed by atoms with Crippen LogP contribution in [0.25, 0.3) is 0 Å². The molecule has 2 unspecified atom stereocenters.